The molecule has 7 nitrogen and oxygen atoms in total. The summed E-state index contributed by atoms with van der Waals surface area (Å²) in [6.07, 6.45) is -0.806. The molecule has 0 heterocycles. The third kappa shape index (κ3) is 4.95. The summed E-state index contributed by atoms with van der Waals surface area (Å²) in [6.45, 7) is 5.49. The van der Waals surface area contributed by atoms with E-state index in [4.69, 9.17) is 14.2 Å². The van der Waals surface area contributed by atoms with Crippen molar-refractivity contribution >= 4 is 27.7 Å². The van der Waals surface area contributed by atoms with Crippen LogP contribution in [-0.4, -0.2) is 32.1 Å². The topological polar surface area (TPSA) is 85.9 Å². The Labute approximate surface area is 172 Å². The second kappa shape index (κ2) is 9.45. The highest BCUT2D eigenvalue weighted by molar-refractivity contribution is 9.10. The van der Waals surface area contributed by atoms with Gasteiger partial charge in [0.1, 0.15) is 17.2 Å². The van der Waals surface area contributed by atoms with Crippen LogP contribution in [0.5, 0.6) is 17.2 Å². The maximum Gasteiger partial charge on any atom is 0.279 e. The van der Waals surface area contributed by atoms with E-state index in [0.29, 0.717) is 21.7 Å². The van der Waals surface area contributed by atoms with Gasteiger partial charge in [0.15, 0.2) is 6.10 Å². The molecule has 0 saturated carbocycles. The molecule has 0 aromatic heterocycles. The fraction of sp³-hybridized carbons (Fsp3) is 0.300. The number of nitrogens with one attached hydrogen (secondary N) is 2. The van der Waals surface area contributed by atoms with Crippen molar-refractivity contribution in [2.24, 2.45) is 0 Å². The first-order valence-electron chi connectivity index (χ1n) is 8.53. The standard InChI is InChI=1S/C20H23BrN2O5/c1-11-7-6-8-17(12(11)2)28-13(3)19(24)22-23-20(25)15-9-14(26-4)10-16(21)18(15)27-5/h6-10,13H,1-5H3,(H,22,24)(H,23,25). The zero-order valence-corrected chi connectivity index (χ0v) is 18.0. The van der Waals surface area contributed by atoms with E-state index in [1.165, 1.54) is 20.3 Å². The van der Waals surface area contributed by atoms with E-state index < -0.39 is 17.9 Å². The zero-order valence-electron chi connectivity index (χ0n) is 16.4. The molecule has 0 radical (unpaired) electrons. The van der Waals surface area contributed by atoms with Gasteiger partial charge < -0.3 is 14.2 Å². The minimum atomic E-state index is -0.806. The van der Waals surface area contributed by atoms with Crippen molar-refractivity contribution < 1.29 is 23.8 Å². The Morgan fingerprint density at radius 1 is 1.07 bits per heavy atom. The molecule has 0 saturated heterocycles. The summed E-state index contributed by atoms with van der Waals surface area (Å²) >= 11 is 3.33. The summed E-state index contributed by atoms with van der Waals surface area (Å²) in [5.74, 6) is 0.370. The van der Waals surface area contributed by atoms with Gasteiger partial charge in [0, 0.05) is 0 Å². The molecule has 2 rings (SSSR count). The van der Waals surface area contributed by atoms with Crippen LogP contribution in [0, 0.1) is 13.8 Å². The van der Waals surface area contributed by atoms with E-state index in [9.17, 15) is 9.59 Å². The number of benzene rings is 2. The minimum Gasteiger partial charge on any atom is -0.497 e. The Balaban J connectivity index is 2.05. The van der Waals surface area contributed by atoms with E-state index in [1.807, 2.05) is 26.0 Å². The van der Waals surface area contributed by atoms with E-state index in [2.05, 4.69) is 26.8 Å². The van der Waals surface area contributed by atoms with Gasteiger partial charge in [-0.1, -0.05) is 12.1 Å². The van der Waals surface area contributed by atoms with Gasteiger partial charge in [-0.05, 0) is 66.0 Å². The molecule has 1 unspecified atom stereocenters. The van der Waals surface area contributed by atoms with Crippen molar-refractivity contribution in [3.63, 3.8) is 0 Å². The highest BCUT2D eigenvalue weighted by Gasteiger charge is 2.20. The molecule has 0 aliphatic rings. The second-order valence-electron chi connectivity index (χ2n) is 6.09. The van der Waals surface area contributed by atoms with Gasteiger partial charge in [-0.15, -0.1) is 0 Å². The summed E-state index contributed by atoms with van der Waals surface area (Å²) in [5.41, 5.74) is 6.96. The van der Waals surface area contributed by atoms with Gasteiger partial charge in [0.2, 0.25) is 0 Å². The quantitative estimate of drug-likeness (QED) is 0.659. The number of aryl methyl sites for hydroxylation is 1. The maximum absolute atomic E-state index is 12.5. The lowest BCUT2D eigenvalue weighted by Gasteiger charge is -2.18. The Bertz CT molecular complexity index is 885. The normalized spacial score (nSPS) is 11.4. The van der Waals surface area contributed by atoms with Crippen molar-refractivity contribution in [2.75, 3.05) is 14.2 Å². The first kappa shape index (κ1) is 21.6. The van der Waals surface area contributed by atoms with Crippen LogP contribution in [0.15, 0.2) is 34.8 Å². The molecule has 0 aliphatic carbocycles. The summed E-state index contributed by atoms with van der Waals surface area (Å²) in [4.78, 5) is 24.8. The zero-order chi connectivity index (χ0) is 20.8. The van der Waals surface area contributed by atoms with Crippen molar-refractivity contribution in [3.8, 4) is 17.2 Å². The van der Waals surface area contributed by atoms with E-state index in [1.54, 1.807) is 19.1 Å². The molecule has 150 valence electrons. The second-order valence-corrected chi connectivity index (χ2v) is 6.95. The van der Waals surface area contributed by atoms with Gasteiger partial charge in [-0.2, -0.15) is 0 Å². The summed E-state index contributed by atoms with van der Waals surface area (Å²) in [6, 6.07) is 8.81. The van der Waals surface area contributed by atoms with Crippen LogP contribution in [-0.2, 0) is 4.79 Å². The van der Waals surface area contributed by atoms with Gasteiger partial charge in [-0.3, -0.25) is 20.4 Å². The third-order valence-electron chi connectivity index (χ3n) is 4.23. The molecule has 8 heteroatoms. The number of hydrazine groups is 1. The SMILES string of the molecule is COc1cc(Br)c(OC)c(C(=O)NNC(=O)C(C)Oc2cccc(C)c2C)c1. The molecule has 1 atom stereocenters. The predicted octanol–water partition coefficient (Wildman–Crippen LogP) is 3.31. The Hall–Kier alpha value is -2.74. The van der Waals surface area contributed by atoms with Crippen molar-refractivity contribution in [2.45, 2.75) is 26.9 Å². The van der Waals surface area contributed by atoms with Crippen molar-refractivity contribution in [3.05, 3.63) is 51.5 Å². The first-order chi connectivity index (χ1) is 13.3. The smallest absolute Gasteiger partial charge is 0.279 e. The summed E-state index contributed by atoms with van der Waals surface area (Å²) < 4.78 is 16.7. The molecule has 2 aromatic rings. The lowest BCUT2D eigenvalue weighted by atomic mass is 10.1. The highest BCUT2D eigenvalue weighted by Crippen LogP contribution is 2.33. The van der Waals surface area contributed by atoms with Gasteiger partial charge in [0.05, 0.1) is 24.3 Å². The Morgan fingerprint density at radius 2 is 1.79 bits per heavy atom. The van der Waals surface area contributed by atoms with Crippen LogP contribution in [0.1, 0.15) is 28.4 Å². The number of halogens is 1. The minimum absolute atomic E-state index is 0.206. The molecule has 0 fully saturated rings. The Morgan fingerprint density at radius 3 is 2.43 bits per heavy atom. The van der Waals surface area contributed by atoms with Crippen molar-refractivity contribution in [1.82, 2.24) is 10.9 Å². The van der Waals surface area contributed by atoms with Gasteiger partial charge >= 0.3 is 0 Å². The fourth-order valence-corrected chi connectivity index (χ4v) is 3.05. The third-order valence-corrected chi connectivity index (χ3v) is 4.82. The average molecular weight is 451 g/mol. The summed E-state index contributed by atoms with van der Waals surface area (Å²) in [5, 5.41) is 0. The number of hydrogen-bond acceptors (Lipinski definition) is 5. The average Bonchev–Trinajstić information content (AvgIpc) is 2.68. The number of methoxy groups -OCH3 is 2. The molecule has 0 spiro atoms. The lowest BCUT2D eigenvalue weighted by Crippen LogP contribution is -2.47. The van der Waals surface area contributed by atoms with Gasteiger partial charge in [-0.25, -0.2) is 0 Å². The molecule has 28 heavy (non-hydrogen) atoms. The molecule has 2 amide bonds. The fourth-order valence-electron chi connectivity index (χ4n) is 2.45. The molecule has 0 aliphatic heterocycles. The van der Waals surface area contributed by atoms with Crippen LogP contribution >= 0.6 is 15.9 Å². The summed E-state index contributed by atoms with van der Waals surface area (Å²) in [7, 11) is 2.94. The van der Waals surface area contributed by atoms with E-state index in [0.717, 1.165) is 11.1 Å². The van der Waals surface area contributed by atoms with Crippen LogP contribution in [0.4, 0.5) is 0 Å². The molecule has 0 bridgehead atoms. The number of hydrogen-bond donors (Lipinski definition) is 2. The van der Waals surface area contributed by atoms with Crippen LogP contribution in [0.3, 0.4) is 0 Å². The number of amides is 2. The maximum atomic E-state index is 12.5. The monoisotopic (exact) mass is 450 g/mol. The lowest BCUT2D eigenvalue weighted by molar-refractivity contribution is -0.128. The van der Waals surface area contributed by atoms with Crippen LogP contribution < -0.4 is 25.1 Å². The predicted molar refractivity (Wildman–Crippen MR) is 109 cm³/mol. The molecule has 2 aromatic carbocycles. The molecule has 2 N–H and O–H groups in total. The highest BCUT2D eigenvalue weighted by atomic mass is 79.9. The van der Waals surface area contributed by atoms with Crippen LogP contribution in [0.25, 0.3) is 0 Å². The first-order valence-corrected chi connectivity index (χ1v) is 9.32. The van der Waals surface area contributed by atoms with E-state index in [-0.39, 0.29) is 5.56 Å². The molecular formula is C20H23BrN2O5. The van der Waals surface area contributed by atoms with E-state index >= 15 is 0 Å². The number of rotatable bonds is 6. The number of carbonyl (C=O) groups is 2. The van der Waals surface area contributed by atoms with Gasteiger partial charge in [0.25, 0.3) is 11.8 Å². The number of ether oxygens (including phenoxy) is 3. The van der Waals surface area contributed by atoms with Crippen molar-refractivity contribution in [1.29, 1.82) is 0 Å². The molecular weight excluding hydrogens is 428 g/mol. The van der Waals surface area contributed by atoms with Crippen LogP contribution in [0.2, 0.25) is 0 Å². The largest absolute Gasteiger partial charge is 0.497 e. The number of carbonyl (C=O) groups excluding carboxylic acids is 2. The Kier molecular flexibility index (Phi) is 7.28.